The number of hydrogen-bond acceptors (Lipinski definition) is 5. The van der Waals surface area contributed by atoms with E-state index in [2.05, 4.69) is 6.92 Å². The molecule has 2 aromatic carbocycles. The van der Waals surface area contributed by atoms with E-state index in [1.807, 2.05) is 17.0 Å². The van der Waals surface area contributed by atoms with Crippen LogP contribution in [0.1, 0.15) is 26.7 Å². The average molecular weight is 398 g/mol. The molecule has 0 N–H and O–H groups in total. The van der Waals surface area contributed by atoms with E-state index in [9.17, 15) is 14.9 Å². The molecule has 0 bridgehead atoms. The molecule has 0 spiro atoms. The molecule has 7 nitrogen and oxygen atoms in total. The highest BCUT2D eigenvalue weighted by Gasteiger charge is 2.26. The number of hydrogen-bond donors (Lipinski definition) is 0. The number of ether oxygens (including phenoxy) is 2. The summed E-state index contributed by atoms with van der Waals surface area (Å²) in [5.74, 6) is 1.69. The zero-order chi connectivity index (χ0) is 21.0. The van der Waals surface area contributed by atoms with Crippen LogP contribution in [0.4, 0.5) is 5.69 Å². The summed E-state index contributed by atoms with van der Waals surface area (Å²) in [5, 5.41) is 11.2. The number of nitro benzene ring substituents is 1. The van der Waals surface area contributed by atoms with Crippen molar-refractivity contribution in [3.8, 4) is 22.6 Å². The third-order valence-electron chi connectivity index (χ3n) is 5.32. The lowest BCUT2D eigenvalue weighted by Gasteiger charge is -2.32. The molecule has 0 radical (unpaired) electrons. The second kappa shape index (κ2) is 8.94. The molecule has 7 heteroatoms. The molecule has 3 rings (SSSR count). The van der Waals surface area contributed by atoms with Gasteiger partial charge in [-0.2, -0.15) is 0 Å². The Morgan fingerprint density at radius 3 is 2.41 bits per heavy atom. The molecule has 0 aromatic heterocycles. The molecule has 1 amide bonds. The summed E-state index contributed by atoms with van der Waals surface area (Å²) >= 11 is 0. The van der Waals surface area contributed by atoms with E-state index in [1.54, 1.807) is 32.2 Å². The number of likely N-dealkylation sites (tertiary alicyclic amines) is 1. The lowest BCUT2D eigenvalue weighted by molar-refractivity contribution is -0.384. The second-order valence-corrected chi connectivity index (χ2v) is 7.43. The van der Waals surface area contributed by atoms with Gasteiger partial charge in [-0.15, -0.1) is 0 Å². The number of rotatable bonds is 6. The van der Waals surface area contributed by atoms with Crippen LogP contribution in [-0.4, -0.2) is 42.0 Å². The summed E-state index contributed by atoms with van der Waals surface area (Å²) in [6, 6.07) is 11.6. The monoisotopic (exact) mass is 398 g/mol. The van der Waals surface area contributed by atoms with Crippen LogP contribution < -0.4 is 9.47 Å². The quantitative estimate of drug-likeness (QED) is 0.535. The van der Waals surface area contributed by atoms with Crippen molar-refractivity contribution in [3.05, 3.63) is 52.6 Å². The normalized spacial score (nSPS) is 15.6. The molecule has 29 heavy (non-hydrogen) atoms. The minimum absolute atomic E-state index is 0.0350. The molecule has 2 aromatic rings. The van der Waals surface area contributed by atoms with E-state index < -0.39 is 11.0 Å². The van der Waals surface area contributed by atoms with Gasteiger partial charge in [-0.3, -0.25) is 14.9 Å². The van der Waals surface area contributed by atoms with Gasteiger partial charge < -0.3 is 14.4 Å². The van der Waals surface area contributed by atoms with Gasteiger partial charge in [0.15, 0.2) is 6.10 Å². The summed E-state index contributed by atoms with van der Waals surface area (Å²) < 4.78 is 11.2. The zero-order valence-electron chi connectivity index (χ0n) is 17.0. The number of non-ortho nitro benzene ring substituents is 1. The topological polar surface area (TPSA) is 81.9 Å². The summed E-state index contributed by atoms with van der Waals surface area (Å²) in [5.41, 5.74) is 1.27. The Morgan fingerprint density at radius 1 is 1.17 bits per heavy atom. The van der Waals surface area contributed by atoms with Crippen molar-refractivity contribution in [2.75, 3.05) is 20.2 Å². The number of benzene rings is 2. The zero-order valence-corrected chi connectivity index (χ0v) is 17.0. The molecule has 1 heterocycles. The third-order valence-corrected chi connectivity index (χ3v) is 5.32. The Kier molecular flexibility index (Phi) is 6.36. The molecule has 1 aliphatic heterocycles. The number of methoxy groups -OCH3 is 1. The predicted molar refractivity (Wildman–Crippen MR) is 110 cm³/mol. The molecular weight excluding hydrogens is 372 g/mol. The predicted octanol–water partition coefficient (Wildman–Crippen LogP) is 4.30. The van der Waals surface area contributed by atoms with E-state index in [4.69, 9.17) is 9.47 Å². The van der Waals surface area contributed by atoms with Crippen LogP contribution in [-0.2, 0) is 4.79 Å². The van der Waals surface area contributed by atoms with Crippen LogP contribution in [0.3, 0.4) is 0 Å². The van der Waals surface area contributed by atoms with Gasteiger partial charge in [-0.05, 0) is 49.4 Å². The highest BCUT2D eigenvalue weighted by atomic mass is 16.6. The average Bonchev–Trinajstić information content (AvgIpc) is 2.74. The minimum Gasteiger partial charge on any atom is -0.497 e. The van der Waals surface area contributed by atoms with Crippen LogP contribution in [0, 0.1) is 16.0 Å². The fraction of sp³-hybridized carbons (Fsp3) is 0.409. The number of nitrogens with zero attached hydrogens (tertiary/aromatic N) is 2. The van der Waals surface area contributed by atoms with Crippen molar-refractivity contribution in [1.82, 2.24) is 4.90 Å². The van der Waals surface area contributed by atoms with Crippen LogP contribution >= 0.6 is 0 Å². The first-order valence-electron chi connectivity index (χ1n) is 9.77. The van der Waals surface area contributed by atoms with Gasteiger partial charge >= 0.3 is 0 Å². The van der Waals surface area contributed by atoms with Gasteiger partial charge in [-0.1, -0.05) is 19.1 Å². The Bertz CT molecular complexity index is 873. The Morgan fingerprint density at radius 2 is 1.83 bits per heavy atom. The maximum atomic E-state index is 12.8. The summed E-state index contributed by atoms with van der Waals surface area (Å²) in [4.78, 5) is 25.4. The second-order valence-electron chi connectivity index (χ2n) is 7.43. The molecule has 154 valence electrons. The van der Waals surface area contributed by atoms with Gasteiger partial charge in [0.1, 0.15) is 11.5 Å². The summed E-state index contributed by atoms with van der Waals surface area (Å²) in [6.07, 6.45) is 1.31. The first-order chi connectivity index (χ1) is 13.9. The molecule has 0 saturated carbocycles. The number of carbonyl (C=O) groups excluding carboxylic acids is 1. The van der Waals surface area contributed by atoms with Gasteiger partial charge in [0.05, 0.1) is 12.0 Å². The van der Waals surface area contributed by atoms with Crippen molar-refractivity contribution < 1.29 is 19.2 Å². The van der Waals surface area contributed by atoms with Crippen LogP contribution in [0.5, 0.6) is 11.5 Å². The standard InChI is InChI=1S/C22H26N2O5/c1-15-10-12-23(13-11-15)22(25)16(2)29-21-9-6-18(24(26)27)14-20(21)17-4-7-19(28-3)8-5-17/h4-9,14-16H,10-13H2,1-3H3. The van der Waals surface area contributed by atoms with E-state index >= 15 is 0 Å². The largest absolute Gasteiger partial charge is 0.497 e. The fourth-order valence-corrected chi connectivity index (χ4v) is 3.46. The number of carbonyl (C=O) groups is 1. The number of nitro groups is 1. The molecule has 1 fully saturated rings. The van der Waals surface area contributed by atoms with Crippen molar-refractivity contribution >= 4 is 11.6 Å². The van der Waals surface area contributed by atoms with Gasteiger partial charge in [0.25, 0.3) is 11.6 Å². The first kappa shape index (κ1) is 20.6. The molecule has 1 atom stereocenters. The molecule has 0 aliphatic carbocycles. The molecular formula is C22H26N2O5. The molecule has 1 aliphatic rings. The van der Waals surface area contributed by atoms with Gasteiger partial charge in [0.2, 0.25) is 0 Å². The highest BCUT2D eigenvalue weighted by molar-refractivity contribution is 5.82. The third kappa shape index (κ3) is 4.85. The number of piperidine rings is 1. The van der Waals surface area contributed by atoms with E-state index in [-0.39, 0.29) is 11.6 Å². The SMILES string of the molecule is COc1ccc(-c2cc([N+](=O)[O-])ccc2OC(C)C(=O)N2CCC(C)CC2)cc1. The summed E-state index contributed by atoms with van der Waals surface area (Å²) in [6.45, 7) is 5.39. The smallest absolute Gasteiger partial charge is 0.270 e. The van der Waals surface area contributed by atoms with Gasteiger partial charge in [-0.25, -0.2) is 0 Å². The molecule has 1 saturated heterocycles. The van der Waals surface area contributed by atoms with E-state index in [0.29, 0.717) is 23.0 Å². The van der Waals surface area contributed by atoms with E-state index in [0.717, 1.165) is 31.5 Å². The van der Waals surface area contributed by atoms with Crippen LogP contribution in [0.25, 0.3) is 11.1 Å². The van der Waals surface area contributed by atoms with Crippen molar-refractivity contribution in [3.63, 3.8) is 0 Å². The van der Waals surface area contributed by atoms with Crippen LogP contribution in [0.15, 0.2) is 42.5 Å². The van der Waals surface area contributed by atoms with Crippen molar-refractivity contribution in [2.24, 2.45) is 5.92 Å². The maximum Gasteiger partial charge on any atom is 0.270 e. The lowest BCUT2D eigenvalue weighted by atomic mass is 9.99. The Labute approximate surface area is 170 Å². The number of amides is 1. The van der Waals surface area contributed by atoms with Gasteiger partial charge in [0, 0.05) is 30.8 Å². The molecule has 1 unspecified atom stereocenters. The fourth-order valence-electron chi connectivity index (χ4n) is 3.46. The van der Waals surface area contributed by atoms with Crippen LogP contribution in [0.2, 0.25) is 0 Å². The van der Waals surface area contributed by atoms with Crippen molar-refractivity contribution in [2.45, 2.75) is 32.8 Å². The lowest BCUT2D eigenvalue weighted by Crippen LogP contribution is -2.44. The first-order valence-corrected chi connectivity index (χ1v) is 9.77. The van der Waals surface area contributed by atoms with Crippen molar-refractivity contribution in [1.29, 1.82) is 0 Å². The minimum atomic E-state index is -0.679. The Balaban J connectivity index is 1.85. The highest BCUT2D eigenvalue weighted by Crippen LogP contribution is 2.35. The Hall–Kier alpha value is -3.09. The maximum absolute atomic E-state index is 12.8. The van der Waals surface area contributed by atoms with E-state index in [1.165, 1.54) is 12.1 Å². The summed E-state index contributed by atoms with van der Waals surface area (Å²) in [7, 11) is 1.57.